The Kier molecular flexibility index (Phi) is 4.78. The second-order valence-electron chi connectivity index (χ2n) is 5.25. The minimum absolute atomic E-state index is 0.522. The molecule has 0 N–H and O–H groups in total. The molecule has 1 aliphatic carbocycles. The van der Waals surface area contributed by atoms with Gasteiger partial charge in [-0.1, -0.05) is 57.3 Å². The maximum atomic E-state index is 6.24. The van der Waals surface area contributed by atoms with Gasteiger partial charge in [0.2, 0.25) is 0 Å². The molecule has 0 aliphatic heterocycles. The lowest BCUT2D eigenvalue weighted by atomic mass is 10.1. The Morgan fingerprint density at radius 3 is 2.67 bits per heavy atom. The van der Waals surface area contributed by atoms with E-state index in [1.165, 1.54) is 36.0 Å². The van der Waals surface area contributed by atoms with Gasteiger partial charge in [0.25, 0.3) is 0 Å². The highest BCUT2D eigenvalue weighted by Crippen LogP contribution is 2.34. The van der Waals surface area contributed by atoms with Gasteiger partial charge in [-0.25, -0.2) is 0 Å². The predicted molar refractivity (Wildman–Crippen MR) is 91.9 cm³/mol. The van der Waals surface area contributed by atoms with E-state index in [-0.39, 0.29) is 0 Å². The molecular formula is C17H15BrCl2O. The number of halogens is 3. The molecule has 2 aromatic carbocycles. The fraction of sp³-hybridized carbons (Fsp3) is 0.294. The second kappa shape index (κ2) is 6.60. The Balaban J connectivity index is 1.79. The third-order valence-corrected chi connectivity index (χ3v) is 4.88. The molecule has 0 atom stereocenters. The topological polar surface area (TPSA) is 9.23 Å². The third kappa shape index (κ3) is 3.39. The van der Waals surface area contributed by atoms with Crippen molar-refractivity contribution in [2.45, 2.75) is 31.2 Å². The fourth-order valence-corrected chi connectivity index (χ4v) is 3.75. The lowest BCUT2D eigenvalue weighted by Crippen LogP contribution is -2.00. The van der Waals surface area contributed by atoms with E-state index >= 15 is 0 Å². The molecule has 3 rings (SSSR count). The second-order valence-corrected chi connectivity index (χ2v) is 6.66. The van der Waals surface area contributed by atoms with Crippen LogP contribution in [0.25, 0.3) is 0 Å². The standard InChI is InChI=1S/C17H15BrCl2O/c18-9-14-7-15(19)8-16(20)17(14)21-10-11-4-5-12-2-1-3-13(12)6-11/h4-8H,1-3,9-10H2. The summed E-state index contributed by atoms with van der Waals surface area (Å²) >= 11 is 15.7. The van der Waals surface area contributed by atoms with E-state index in [2.05, 4.69) is 34.1 Å². The summed E-state index contributed by atoms with van der Waals surface area (Å²) in [4.78, 5) is 0. The van der Waals surface area contributed by atoms with E-state index in [4.69, 9.17) is 27.9 Å². The van der Waals surface area contributed by atoms with Crippen molar-refractivity contribution in [2.75, 3.05) is 0 Å². The maximum Gasteiger partial charge on any atom is 0.142 e. The number of ether oxygens (including phenoxy) is 1. The highest BCUT2D eigenvalue weighted by atomic mass is 79.9. The number of benzene rings is 2. The Hall–Kier alpha value is -0.700. The van der Waals surface area contributed by atoms with Crippen LogP contribution in [0.3, 0.4) is 0 Å². The summed E-state index contributed by atoms with van der Waals surface area (Å²) < 4.78 is 5.94. The summed E-state index contributed by atoms with van der Waals surface area (Å²) in [5.41, 5.74) is 5.08. The SMILES string of the molecule is Clc1cc(Cl)c(OCc2ccc3c(c2)CCC3)c(CBr)c1. The summed E-state index contributed by atoms with van der Waals surface area (Å²) in [7, 11) is 0. The van der Waals surface area contributed by atoms with Crippen molar-refractivity contribution >= 4 is 39.1 Å². The minimum atomic E-state index is 0.522. The summed E-state index contributed by atoms with van der Waals surface area (Å²) in [5, 5.41) is 1.84. The Labute approximate surface area is 143 Å². The van der Waals surface area contributed by atoms with Crippen LogP contribution >= 0.6 is 39.1 Å². The molecule has 21 heavy (non-hydrogen) atoms. The quantitative estimate of drug-likeness (QED) is 0.590. The van der Waals surface area contributed by atoms with Gasteiger partial charge in [-0.3, -0.25) is 0 Å². The first kappa shape index (κ1) is 15.2. The molecule has 0 aromatic heterocycles. The van der Waals surface area contributed by atoms with Crippen LogP contribution in [0.5, 0.6) is 5.75 Å². The minimum Gasteiger partial charge on any atom is -0.487 e. The first-order valence-electron chi connectivity index (χ1n) is 6.94. The van der Waals surface area contributed by atoms with Crippen LogP contribution in [0.4, 0.5) is 0 Å². The molecule has 0 saturated carbocycles. The van der Waals surface area contributed by atoms with Gasteiger partial charge in [-0.2, -0.15) is 0 Å². The largest absolute Gasteiger partial charge is 0.487 e. The van der Waals surface area contributed by atoms with Crippen molar-refractivity contribution in [3.05, 3.63) is 62.6 Å². The number of rotatable bonds is 4. The van der Waals surface area contributed by atoms with E-state index in [1.807, 2.05) is 6.07 Å². The van der Waals surface area contributed by atoms with Crippen LogP contribution in [0.1, 0.15) is 28.7 Å². The van der Waals surface area contributed by atoms with Gasteiger partial charge in [0.1, 0.15) is 12.4 Å². The van der Waals surface area contributed by atoms with Gasteiger partial charge in [0.05, 0.1) is 5.02 Å². The molecule has 0 bridgehead atoms. The molecule has 1 nitrogen and oxygen atoms in total. The monoisotopic (exact) mass is 384 g/mol. The van der Waals surface area contributed by atoms with E-state index in [0.717, 1.165) is 5.56 Å². The number of alkyl halides is 1. The average molecular weight is 386 g/mol. The molecule has 0 radical (unpaired) electrons. The summed E-state index contributed by atoms with van der Waals surface area (Å²) in [5.74, 6) is 0.707. The normalized spacial score (nSPS) is 13.3. The van der Waals surface area contributed by atoms with Gasteiger partial charge in [-0.15, -0.1) is 0 Å². The van der Waals surface area contributed by atoms with Gasteiger partial charge in [-0.05, 0) is 48.1 Å². The Morgan fingerprint density at radius 1 is 1.05 bits per heavy atom. The van der Waals surface area contributed by atoms with Crippen LogP contribution < -0.4 is 4.74 Å². The molecule has 0 unspecified atom stereocenters. The van der Waals surface area contributed by atoms with Gasteiger partial charge < -0.3 is 4.74 Å². The molecule has 0 heterocycles. The average Bonchev–Trinajstić information content (AvgIpc) is 2.93. The fourth-order valence-electron chi connectivity index (χ4n) is 2.75. The molecular weight excluding hydrogens is 371 g/mol. The summed E-state index contributed by atoms with van der Waals surface area (Å²) in [6, 6.07) is 10.2. The number of fused-ring (bicyclic) bond motifs is 1. The predicted octanol–water partition coefficient (Wildman–Crippen LogP) is 5.96. The van der Waals surface area contributed by atoms with Crippen molar-refractivity contribution in [2.24, 2.45) is 0 Å². The highest BCUT2D eigenvalue weighted by molar-refractivity contribution is 9.08. The van der Waals surface area contributed by atoms with E-state index in [9.17, 15) is 0 Å². The molecule has 1 aliphatic rings. The van der Waals surface area contributed by atoms with Crippen LogP contribution in [0.2, 0.25) is 10.0 Å². The van der Waals surface area contributed by atoms with Gasteiger partial charge >= 0.3 is 0 Å². The molecule has 0 amide bonds. The lowest BCUT2D eigenvalue weighted by Gasteiger charge is -2.13. The molecule has 4 heteroatoms. The summed E-state index contributed by atoms with van der Waals surface area (Å²) in [6.07, 6.45) is 3.64. The van der Waals surface area contributed by atoms with Crippen molar-refractivity contribution in [1.29, 1.82) is 0 Å². The van der Waals surface area contributed by atoms with E-state index in [1.54, 1.807) is 6.07 Å². The molecule has 110 valence electrons. The zero-order valence-electron chi connectivity index (χ0n) is 11.5. The van der Waals surface area contributed by atoms with Crippen molar-refractivity contribution in [3.8, 4) is 5.75 Å². The number of hydrogen-bond donors (Lipinski definition) is 0. The van der Waals surface area contributed by atoms with Crippen molar-refractivity contribution in [3.63, 3.8) is 0 Å². The van der Waals surface area contributed by atoms with Crippen molar-refractivity contribution < 1.29 is 4.74 Å². The maximum absolute atomic E-state index is 6.24. The van der Waals surface area contributed by atoms with Crippen LogP contribution in [0.15, 0.2) is 30.3 Å². The highest BCUT2D eigenvalue weighted by Gasteiger charge is 2.13. The molecule has 0 spiro atoms. The third-order valence-electron chi connectivity index (χ3n) is 3.78. The Bertz CT molecular complexity index is 670. The van der Waals surface area contributed by atoms with Crippen molar-refractivity contribution in [1.82, 2.24) is 0 Å². The van der Waals surface area contributed by atoms with E-state index < -0.39 is 0 Å². The van der Waals surface area contributed by atoms with Crippen LogP contribution in [-0.2, 0) is 24.8 Å². The zero-order chi connectivity index (χ0) is 14.8. The zero-order valence-corrected chi connectivity index (χ0v) is 14.6. The number of aryl methyl sites for hydroxylation is 2. The smallest absolute Gasteiger partial charge is 0.142 e. The summed E-state index contributed by atoms with van der Waals surface area (Å²) in [6.45, 7) is 0.522. The molecule has 0 fully saturated rings. The number of hydrogen-bond acceptors (Lipinski definition) is 1. The molecule has 0 saturated heterocycles. The Morgan fingerprint density at radius 2 is 1.86 bits per heavy atom. The van der Waals surface area contributed by atoms with Crippen LogP contribution in [-0.4, -0.2) is 0 Å². The first-order chi connectivity index (χ1) is 10.2. The van der Waals surface area contributed by atoms with Gasteiger partial charge in [0, 0.05) is 15.9 Å². The lowest BCUT2D eigenvalue weighted by molar-refractivity contribution is 0.304. The van der Waals surface area contributed by atoms with Gasteiger partial charge in [0.15, 0.2) is 0 Å². The first-order valence-corrected chi connectivity index (χ1v) is 8.82. The van der Waals surface area contributed by atoms with E-state index in [0.29, 0.717) is 27.7 Å². The molecule has 2 aromatic rings. The van der Waals surface area contributed by atoms with Crippen LogP contribution in [0, 0.1) is 0 Å².